The van der Waals surface area contributed by atoms with Crippen molar-refractivity contribution in [2.24, 2.45) is 0 Å². The van der Waals surface area contributed by atoms with Gasteiger partial charge in [0.2, 0.25) is 5.91 Å². The van der Waals surface area contributed by atoms with E-state index < -0.39 is 0 Å². The SMILES string of the molecule is Cc1cc(CC(=O)N(Cc2cccnc2)Cc2ccco2)n[nH]1. The van der Waals surface area contributed by atoms with Crippen LogP contribution in [0.5, 0.6) is 0 Å². The molecule has 0 spiro atoms. The van der Waals surface area contributed by atoms with Crippen LogP contribution in [0.4, 0.5) is 0 Å². The predicted octanol–water partition coefficient (Wildman–Crippen LogP) is 2.48. The highest BCUT2D eigenvalue weighted by molar-refractivity contribution is 5.78. The van der Waals surface area contributed by atoms with Crippen LogP contribution in [0.1, 0.15) is 22.7 Å². The Labute approximate surface area is 134 Å². The standard InChI is InChI=1S/C17H18N4O2/c1-13-8-15(20-19-13)9-17(22)21(12-16-5-3-7-23-16)11-14-4-2-6-18-10-14/h2-8,10H,9,11-12H2,1H3,(H,19,20). The molecule has 3 aromatic heterocycles. The maximum absolute atomic E-state index is 12.7. The van der Waals surface area contributed by atoms with Crippen molar-refractivity contribution in [3.8, 4) is 0 Å². The lowest BCUT2D eigenvalue weighted by molar-refractivity contribution is -0.132. The second-order valence-corrected chi connectivity index (χ2v) is 5.41. The number of aromatic amines is 1. The molecule has 118 valence electrons. The van der Waals surface area contributed by atoms with Crippen LogP contribution in [0.3, 0.4) is 0 Å². The van der Waals surface area contributed by atoms with Crippen molar-refractivity contribution in [3.63, 3.8) is 0 Å². The van der Waals surface area contributed by atoms with E-state index in [1.54, 1.807) is 23.6 Å². The molecule has 0 saturated heterocycles. The Morgan fingerprint density at radius 1 is 1.30 bits per heavy atom. The van der Waals surface area contributed by atoms with Crippen LogP contribution in [-0.2, 0) is 24.3 Å². The van der Waals surface area contributed by atoms with E-state index in [-0.39, 0.29) is 12.3 Å². The molecule has 1 amide bonds. The predicted molar refractivity (Wildman–Crippen MR) is 84.2 cm³/mol. The number of nitrogens with zero attached hydrogens (tertiary/aromatic N) is 3. The molecule has 0 bridgehead atoms. The molecule has 6 nitrogen and oxygen atoms in total. The molecule has 3 rings (SSSR count). The van der Waals surface area contributed by atoms with E-state index in [0.29, 0.717) is 13.1 Å². The number of H-pyrrole nitrogens is 1. The topological polar surface area (TPSA) is 75.0 Å². The molecule has 3 aromatic rings. The van der Waals surface area contributed by atoms with Crippen LogP contribution in [0, 0.1) is 6.92 Å². The first kappa shape index (κ1) is 15.0. The third-order valence-electron chi connectivity index (χ3n) is 3.47. The number of carbonyl (C=O) groups is 1. The fourth-order valence-electron chi connectivity index (χ4n) is 2.37. The molecule has 0 atom stereocenters. The van der Waals surface area contributed by atoms with E-state index in [2.05, 4.69) is 15.2 Å². The Balaban J connectivity index is 1.74. The van der Waals surface area contributed by atoms with Crippen molar-refractivity contribution in [2.45, 2.75) is 26.4 Å². The molecule has 3 heterocycles. The highest BCUT2D eigenvalue weighted by Gasteiger charge is 2.17. The molecule has 0 aliphatic carbocycles. The molecule has 0 aliphatic heterocycles. The third-order valence-corrected chi connectivity index (χ3v) is 3.47. The number of aryl methyl sites for hydroxylation is 1. The Morgan fingerprint density at radius 3 is 2.87 bits per heavy atom. The number of hydrogen-bond acceptors (Lipinski definition) is 4. The minimum Gasteiger partial charge on any atom is -0.467 e. The highest BCUT2D eigenvalue weighted by Crippen LogP contribution is 2.12. The number of hydrogen-bond donors (Lipinski definition) is 1. The summed E-state index contributed by atoms with van der Waals surface area (Å²) in [5.41, 5.74) is 2.66. The molecule has 0 radical (unpaired) electrons. The van der Waals surface area contributed by atoms with Crippen LogP contribution in [0.25, 0.3) is 0 Å². The van der Waals surface area contributed by atoms with Gasteiger partial charge in [-0.05, 0) is 36.8 Å². The highest BCUT2D eigenvalue weighted by atomic mass is 16.3. The van der Waals surface area contributed by atoms with E-state index in [9.17, 15) is 4.79 Å². The van der Waals surface area contributed by atoms with Gasteiger partial charge in [-0.1, -0.05) is 6.07 Å². The number of aromatic nitrogens is 3. The lowest BCUT2D eigenvalue weighted by atomic mass is 10.2. The first-order valence-corrected chi connectivity index (χ1v) is 7.40. The average Bonchev–Trinajstić information content (AvgIpc) is 3.19. The van der Waals surface area contributed by atoms with Crippen molar-refractivity contribution in [2.75, 3.05) is 0 Å². The Kier molecular flexibility index (Phi) is 4.52. The summed E-state index contributed by atoms with van der Waals surface area (Å²) in [7, 11) is 0. The van der Waals surface area contributed by atoms with E-state index >= 15 is 0 Å². The van der Waals surface area contributed by atoms with E-state index in [0.717, 1.165) is 22.7 Å². The summed E-state index contributed by atoms with van der Waals surface area (Å²) in [6.45, 7) is 2.82. The average molecular weight is 310 g/mol. The van der Waals surface area contributed by atoms with Crippen molar-refractivity contribution in [3.05, 3.63) is 71.7 Å². The zero-order valence-corrected chi connectivity index (χ0v) is 12.9. The first-order chi connectivity index (χ1) is 11.2. The fraction of sp³-hybridized carbons (Fsp3) is 0.235. The van der Waals surface area contributed by atoms with Gasteiger partial charge in [0.05, 0.1) is 24.9 Å². The molecular formula is C17H18N4O2. The van der Waals surface area contributed by atoms with Crippen LogP contribution in [-0.4, -0.2) is 26.0 Å². The first-order valence-electron chi connectivity index (χ1n) is 7.40. The monoisotopic (exact) mass is 310 g/mol. The molecule has 0 saturated carbocycles. The second-order valence-electron chi connectivity index (χ2n) is 5.41. The molecule has 6 heteroatoms. The normalized spacial score (nSPS) is 10.7. The number of amides is 1. The quantitative estimate of drug-likeness (QED) is 0.759. The van der Waals surface area contributed by atoms with Gasteiger partial charge in [-0.3, -0.25) is 14.9 Å². The zero-order valence-electron chi connectivity index (χ0n) is 12.9. The van der Waals surface area contributed by atoms with Crippen molar-refractivity contribution in [1.82, 2.24) is 20.1 Å². The summed E-state index contributed by atoms with van der Waals surface area (Å²) in [5.74, 6) is 0.747. The number of nitrogens with one attached hydrogen (secondary N) is 1. The van der Waals surface area contributed by atoms with Crippen molar-refractivity contribution < 1.29 is 9.21 Å². The number of rotatable bonds is 6. The Hall–Kier alpha value is -2.89. The lowest BCUT2D eigenvalue weighted by Crippen LogP contribution is -2.31. The molecule has 0 aliphatic rings. The largest absolute Gasteiger partial charge is 0.467 e. The molecule has 1 N–H and O–H groups in total. The molecular weight excluding hydrogens is 292 g/mol. The van der Waals surface area contributed by atoms with Crippen LogP contribution in [0.2, 0.25) is 0 Å². The van der Waals surface area contributed by atoms with E-state index in [4.69, 9.17) is 4.42 Å². The van der Waals surface area contributed by atoms with Gasteiger partial charge in [-0.25, -0.2) is 0 Å². The van der Waals surface area contributed by atoms with Crippen LogP contribution >= 0.6 is 0 Å². The van der Waals surface area contributed by atoms with Gasteiger partial charge >= 0.3 is 0 Å². The van der Waals surface area contributed by atoms with Crippen LogP contribution < -0.4 is 0 Å². The van der Waals surface area contributed by atoms with Gasteiger partial charge in [-0.2, -0.15) is 5.10 Å². The maximum Gasteiger partial charge on any atom is 0.229 e. The number of carbonyl (C=O) groups excluding carboxylic acids is 1. The molecule has 0 unspecified atom stereocenters. The molecule has 0 fully saturated rings. The molecule has 0 aromatic carbocycles. The summed E-state index contributed by atoms with van der Waals surface area (Å²) < 4.78 is 5.37. The smallest absolute Gasteiger partial charge is 0.229 e. The zero-order chi connectivity index (χ0) is 16.1. The number of pyridine rings is 1. The summed E-state index contributed by atoms with van der Waals surface area (Å²) in [4.78, 5) is 18.5. The summed E-state index contributed by atoms with van der Waals surface area (Å²) in [5, 5.41) is 6.99. The second kappa shape index (κ2) is 6.91. The Morgan fingerprint density at radius 2 is 2.22 bits per heavy atom. The van der Waals surface area contributed by atoms with E-state index in [1.165, 1.54) is 0 Å². The minimum atomic E-state index is -0.00301. The fourth-order valence-corrected chi connectivity index (χ4v) is 2.37. The van der Waals surface area contributed by atoms with Gasteiger partial charge < -0.3 is 9.32 Å². The summed E-state index contributed by atoms with van der Waals surface area (Å²) in [6.07, 6.45) is 5.35. The van der Waals surface area contributed by atoms with Gasteiger partial charge in [0.25, 0.3) is 0 Å². The van der Waals surface area contributed by atoms with E-state index in [1.807, 2.05) is 37.3 Å². The van der Waals surface area contributed by atoms with Gasteiger partial charge in [-0.15, -0.1) is 0 Å². The lowest BCUT2D eigenvalue weighted by Gasteiger charge is -2.21. The molecule has 23 heavy (non-hydrogen) atoms. The summed E-state index contributed by atoms with van der Waals surface area (Å²) in [6, 6.07) is 9.38. The van der Waals surface area contributed by atoms with Crippen molar-refractivity contribution in [1.29, 1.82) is 0 Å². The van der Waals surface area contributed by atoms with Gasteiger partial charge in [0.15, 0.2) is 0 Å². The Bertz CT molecular complexity index is 750. The van der Waals surface area contributed by atoms with Crippen LogP contribution in [0.15, 0.2) is 53.4 Å². The summed E-state index contributed by atoms with van der Waals surface area (Å²) >= 11 is 0. The van der Waals surface area contributed by atoms with Crippen molar-refractivity contribution >= 4 is 5.91 Å². The third kappa shape index (κ3) is 4.06. The van der Waals surface area contributed by atoms with Gasteiger partial charge in [0.1, 0.15) is 5.76 Å². The van der Waals surface area contributed by atoms with Gasteiger partial charge in [0, 0.05) is 24.6 Å². The number of furan rings is 1. The maximum atomic E-state index is 12.7. The minimum absolute atomic E-state index is 0.00301.